The van der Waals surface area contributed by atoms with Gasteiger partial charge in [-0.3, -0.25) is 0 Å². The highest BCUT2D eigenvalue weighted by molar-refractivity contribution is 4.64. The van der Waals surface area contributed by atoms with Crippen LogP contribution in [0.2, 0.25) is 0 Å². The third-order valence-corrected chi connectivity index (χ3v) is 1.43. The number of methoxy groups -OCH3 is 1. The lowest BCUT2D eigenvalue weighted by molar-refractivity contribution is 0.108. The van der Waals surface area contributed by atoms with Crippen molar-refractivity contribution in [3.63, 3.8) is 0 Å². The molecule has 0 aromatic carbocycles. The molecule has 0 aliphatic rings. The Morgan fingerprint density at radius 1 is 1.45 bits per heavy atom. The maximum Gasteiger partial charge on any atom is 0.0817 e. The number of nitrogens with two attached hydrogens (primary N) is 2. The van der Waals surface area contributed by atoms with Crippen molar-refractivity contribution in [3.8, 4) is 0 Å². The third-order valence-electron chi connectivity index (χ3n) is 1.43. The molecule has 0 radical (unpaired) electrons. The second kappa shape index (κ2) is 6.54. The van der Waals surface area contributed by atoms with Gasteiger partial charge < -0.3 is 21.5 Å². The largest absolute Gasteiger partial charge is 0.379 e. The molecule has 0 aromatic rings. The van der Waals surface area contributed by atoms with Crippen LogP contribution >= 0.6 is 0 Å². The Bertz CT molecular complexity index is 83.8. The van der Waals surface area contributed by atoms with E-state index >= 15 is 0 Å². The zero-order chi connectivity index (χ0) is 8.69. The molecule has 0 bridgehead atoms. The standard InChI is InChI=1S/C7H19N3O/c1-6(9)4-10-5-7(3-8)11-2/h6-7,10H,3-5,8-9H2,1-2H3/t6-,7+/m1/s1. The van der Waals surface area contributed by atoms with Crippen LogP contribution in [-0.2, 0) is 4.74 Å². The van der Waals surface area contributed by atoms with E-state index in [1.807, 2.05) is 6.92 Å². The smallest absolute Gasteiger partial charge is 0.0817 e. The van der Waals surface area contributed by atoms with Gasteiger partial charge in [0.2, 0.25) is 0 Å². The number of nitrogens with one attached hydrogen (secondary N) is 1. The van der Waals surface area contributed by atoms with Crippen LogP contribution in [0.5, 0.6) is 0 Å². The third kappa shape index (κ3) is 6.25. The van der Waals surface area contributed by atoms with E-state index in [2.05, 4.69) is 5.32 Å². The maximum absolute atomic E-state index is 5.53. The highest BCUT2D eigenvalue weighted by atomic mass is 16.5. The lowest BCUT2D eigenvalue weighted by Crippen LogP contribution is -2.39. The quantitative estimate of drug-likeness (QED) is 0.462. The number of ether oxygens (including phenoxy) is 1. The fraction of sp³-hybridized carbons (Fsp3) is 1.00. The van der Waals surface area contributed by atoms with Gasteiger partial charge in [-0.25, -0.2) is 0 Å². The van der Waals surface area contributed by atoms with Crippen molar-refractivity contribution in [2.75, 3.05) is 26.7 Å². The van der Waals surface area contributed by atoms with Gasteiger partial charge in [-0.05, 0) is 6.92 Å². The monoisotopic (exact) mass is 161 g/mol. The molecule has 0 fully saturated rings. The van der Waals surface area contributed by atoms with E-state index in [1.165, 1.54) is 0 Å². The SMILES string of the molecule is CO[C@@H](CN)CNC[C@@H](C)N. The minimum atomic E-state index is 0.105. The highest BCUT2D eigenvalue weighted by Crippen LogP contribution is 1.83. The van der Waals surface area contributed by atoms with Crippen LogP contribution in [0.25, 0.3) is 0 Å². The number of hydrogen-bond acceptors (Lipinski definition) is 4. The molecule has 0 saturated heterocycles. The van der Waals surface area contributed by atoms with E-state index in [0.717, 1.165) is 13.1 Å². The highest BCUT2D eigenvalue weighted by Gasteiger charge is 2.03. The molecule has 4 nitrogen and oxygen atoms in total. The molecule has 0 aliphatic heterocycles. The van der Waals surface area contributed by atoms with Crippen LogP contribution in [0, 0.1) is 0 Å². The fourth-order valence-electron chi connectivity index (χ4n) is 0.735. The molecule has 5 N–H and O–H groups in total. The van der Waals surface area contributed by atoms with Crippen LogP contribution in [0.3, 0.4) is 0 Å². The first-order valence-corrected chi connectivity index (χ1v) is 3.89. The Balaban J connectivity index is 3.21. The average molecular weight is 161 g/mol. The maximum atomic E-state index is 5.53. The Labute approximate surface area is 68.3 Å². The van der Waals surface area contributed by atoms with Gasteiger partial charge in [0.15, 0.2) is 0 Å². The summed E-state index contributed by atoms with van der Waals surface area (Å²) in [5, 5.41) is 3.16. The average Bonchev–Trinajstić information content (AvgIpc) is 1.98. The van der Waals surface area contributed by atoms with Crippen LogP contribution in [0.15, 0.2) is 0 Å². The Morgan fingerprint density at radius 2 is 2.09 bits per heavy atom. The van der Waals surface area contributed by atoms with Gasteiger partial charge in [0, 0.05) is 32.8 Å². The van der Waals surface area contributed by atoms with Crippen LogP contribution in [-0.4, -0.2) is 38.9 Å². The summed E-state index contributed by atoms with van der Waals surface area (Å²) in [6.45, 7) is 4.08. The van der Waals surface area contributed by atoms with Crippen LogP contribution in [0.1, 0.15) is 6.92 Å². The first-order chi connectivity index (χ1) is 5.20. The Kier molecular flexibility index (Phi) is 6.45. The summed E-state index contributed by atoms with van der Waals surface area (Å²) in [6.07, 6.45) is 0.105. The Morgan fingerprint density at radius 3 is 2.45 bits per heavy atom. The Hall–Kier alpha value is -0.160. The summed E-state index contributed by atoms with van der Waals surface area (Å²) >= 11 is 0. The molecule has 2 atom stereocenters. The van der Waals surface area contributed by atoms with Gasteiger partial charge in [0.1, 0.15) is 0 Å². The van der Waals surface area contributed by atoms with Crippen molar-refractivity contribution in [1.82, 2.24) is 5.32 Å². The van der Waals surface area contributed by atoms with Crippen molar-refractivity contribution >= 4 is 0 Å². The lowest BCUT2D eigenvalue weighted by atomic mass is 10.3. The molecular weight excluding hydrogens is 142 g/mol. The van der Waals surface area contributed by atoms with Gasteiger partial charge >= 0.3 is 0 Å². The van der Waals surface area contributed by atoms with E-state index in [9.17, 15) is 0 Å². The summed E-state index contributed by atoms with van der Waals surface area (Å²) < 4.78 is 5.05. The molecule has 0 saturated carbocycles. The summed E-state index contributed by atoms with van der Waals surface area (Å²) in [5.74, 6) is 0. The van der Waals surface area contributed by atoms with E-state index in [4.69, 9.17) is 16.2 Å². The second-order valence-corrected chi connectivity index (χ2v) is 2.73. The molecule has 0 aliphatic carbocycles. The second-order valence-electron chi connectivity index (χ2n) is 2.73. The molecule has 0 aromatic heterocycles. The lowest BCUT2D eigenvalue weighted by Gasteiger charge is -2.14. The molecule has 0 spiro atoms. The van der Waals surface area contributed by atoms with Gasteiger partial charge in [0.25, 0.3) is 0 Å². The molecule has 0 unspecified atom stereocenters. The molecule has 4 heteroatoms. The fourth-order valence-corrected chi connectivity index (χ4v) is 0.735. The summed E-state index contributed by atoms with van der Waals surface area (Å²) in [4.78, 5) is 0. The molecule has 0 heterocycles. The van der Waals surface area contributed by atoms with Gasteiger partial charge in [-0.2, -0.15) is 0 Å². The normalized spacial score (nSPS) is 16.4. The predicted octanol–water partition coefficient (Wildman–Crippen LogP) is -1.10. The van der Waals surface area contributed by atoms with E-state index in [-0.39, 0.29) is 12.1 Å². The zero-order valence-corrected chi connectivity index (χ0v) is 7.34. The number of hydrogen-bond donors (Lipinski definition) is 3. The van der Waals surface area contributed by atoms with Gasteiger partial charge in [0.05, 0.1) is 6.10 Å². The molecule has 11 heavy (non-hydrogen) atoms. The minimum Gasteiger partial charge on any atom is -0.379 e. The van der Waals surface area contributed by atoms with Crippen LogP contribution < -0.4 is 16.8 Å². The van der Waals surface area contributed by atoms with E-state index in [0.29, 0.717) is 6.54 Å². The molecule has 68 valence electrons. The molecule has 0 amide bonds. The van der Waals surface area contributed by atoms with Crippen molar-refractivity contribution in [3.05, 3.63) is 0 Å². The van der Waals surface area contributed by atoms with Crippen molar-refractivity contribution in [2.45, 2.75) is 19.1 Å². The van der Waals surface area contributed by atoms with Crippen LogP contribution in [0.4, 0.5) is 0 Å². The first kappa shape index (κ1) is 10.8. The zero-order valence-electron chi connectivity index (χ0n) is 7.34. The first-order valence-electron chi connectivity index (χ1n) is 3.89. The van der Waals surface area contributed by atoms with E-state index in [1.54, 1.807) is 7.11 Å². The summed E-state index contributed by atoms with van der Waals surface area (Å²) in [7, 11) is 1.66. The van der Waals surface area contributed by atoms with Gasteiger partial charge in [-0.15, -0.1) is 0 Å². The topological polar surface area (TPSA) is 73.3 Å². The van der Waals surface area contributed by atoms with Crippen molar-refractivity contribution in [2.24, 2.45) is 11.5 Å². The molecular formula is C7H19N3O. The summed E-state index contributed by atoms with van der Waals surface area (Å²) in [6, 6.07) is 0.185. The molecule has 0 rings (SSSR count). The summed E-state index contributed by atoms with van der Waals surface area (Å²) in [5.41, 5.74) is 10.9. The predicted molar refractivity (Wildman–Crippen MR) is 46.4 cm³/mol. The van der Waals surface area contributed by atoms with E-state index < -0.39 is 0 Å². The van der Waals surface area contributed by atoms with Gasteiger partial charge in [-0.1, -0.05) is 0 Å². The minimum absolute atomic E-state index is 0.105. The van der Waals surface area contributed by atoms with Crippen molar-refractivity contribution in [1.29, 1.82) is 0 Å². The number of rotatable bonds is 6. The van der Waals surface area contributed by atoms with Crippen molar-refractivity contribution < 1.29 is 4.74 Å².